The minimum Gasteiger partial charge on any atom is -0.444 e. The average molecular weight is 304 g/mol. The van der Waals surface area contributed by atoms with Crippen LogP contribution in [0.25, 0.3) is 0 Å². The molecule has 0 aliphatic carbocycles. The van der Waals surface area contributed by atoms with Crippen molar-refractivity contribution in [2.45, 2.75) is 46.1 Å². The Morgan fingerprint density at radius 3 is 2.45 bits per heavy atom. The highest BCUT2D eigenvalue weighted by Gasteiger charge is 2.15. The Kier molecular flexibility index (Phi) is 9.46. The first-order valence-electron chi connectivity index (χ1n) is 6.97. The third-order valence-electron chi connectivity index (χ3n) is 2.35. The number of rotatable bonds is 8. The van der Waals surface area contributed by atoms with Crippen LogP contribution in [-0.2, 0) is 9.53 Å². The maximum atomic E-state index is 11.6. The molecular formula is C14H28N2O3S. The first-order valence-corrected chi connectivity index (χ1v) is 8.36. The predicted molar refractivity (Wildman–Crippen MR) is 84.0 cm³/mol. The Hall–Kier alpha value is -0.910. The van der Waals surface area contributed by atoms with Crippen molar-refractivity contribution in [3.63, 3.8) is 0 Å². The highest BCUT2D eigenvalue weighted by molar-refractivity contribution is 7.98. The van der Waals surface area contributed by atoms with Crippen molar-refractivity contribution in [3.8, 4) is 0 Å². The molecule has 0 aliphatic heterocycles. The summed E-state index contributed by atoms with van der Waals surface area (Å²) in [6.07, 6.45) is 2.65. The standard InChI is InChI=1S/C14H28N2O3S/c1-11(10-20-5)9-16-12(17)7-6-8-15-13(18)19-14(2,3)4/h11H,6-10H2,1-5H3,(H,15,18)(H,16,17). The zero-order valence-electron chi connectivity index (χ0n) is 13.2. The fourth-order valence-electron chi connectivity index (χ4n) is 1.47. The van der Waals surface area contributed by atoms with Crippen molar-refractivity contribution >= 4 is 23.8 Å². The van der Waals surface area contributed by atoms with Crippen LogP contribution >= 0.6 is 11.8 Å². The lowest BCUT2D eigenvalue weighted by molar-refractivity contribution is -0.121. The molecule has 2 amide bonds. The van der Waals surface area contributed by atoms with Gasteiger partial charge in [0.15, 0.2) is 0 Å². The number of hydrogen-bond donors (Lipinski definition) is 2. The van der Waals surface area contributed by atoms with Crippen LogP contribution in [0.2, 0.25) is 0 Å². The Labute approximate surface area is 126 Å². The van der Waals surface area contributed by atoms with Crippen LogP contribution in [0, 0.1) is 5.92 Å². The number of ether oxygens (including phenoxy) is 1. The second-order valence-corrected chi connectivity index (χ2v) is 6.81. The predicted octanol–water partition coefficient (Wildman–Crippen LogP) is 2.41. The lowest BCUT2D eigenvalue weighted by atomic mass is 10.2. The normalized spacial score (nSPS) is 12.7. The topological polar surface area (TPSA) is 67.4 Å². The quantitative estimate of drug-likeness (QED) is 0.676. The summed E-state index contributed by atoms with van der Waals surface area (Å²) in [6.45, 7) is 8.71. The molecule has 0 heterocycles. The van der Waals surface area contributed by atoms with Crippen LogP contribution in [0.4, 0.5) is 4.79 Å². The summed E-state index contributed by atoms with van der Waals surface area (Å²) in [4.78, 5) is 22.9. The van der Waals surface area contributed by atoms with Gasteiger partial charge in [-0.05, 0) is 45.1 Å². The Balaban J connectivity index is 3.60. The molecule has 0 saturated carbocycles. The molecule has 0 aromatic rings. The summed E-state index contributed by atoms with van der Waals surface area (Å²) in [6, 6.07) is 0. The minimum atomic E-state index is -0.491. The Morgan fingerprint density at radius 2 is 1.90 bits per heavy atom. The van der Waals surface area contributed by atoms with E-state index >= 15 is 0 Å². The van der Waals surface area contributed by atoms with Crippen LogP contribution < -0.4 is 10.6 Å². The Bertz CT molecular complexity index is 303. The largest absolute Gasteiger partial charge is 0.444 e. The smallest absolute Gasteiger partial charge is 0.407 e. The van der Waals surface area contributed by atoms with Gasteiger partial charge in [0.05, 0.1) is 0 Å². The van der Waals surface area contributed by atoms with Crippen molar-refractivity contribution in [1.29, 1.82) is 0 Å². The molecule has 118 valence electrons. The van der Waals surface area contributed by atoms with Crippen LogP contribution in [0.5, 0.6) is 0 Å². The first-order chi connectivity index (χ1) is 9.24. The van der Waals surface area contributed by atoms with Crippen molar-refractivity contribution < 1.29 is 14.3 Å². The van der Waals surface area contributed by atoms with E-state index in [1.165, 1.54) is 0 Å². The van der Waals surface area contributed by atoms with E-state index in [4.69, 9.17) is 4.74 Å². The van der Waals surface area contributed by atoms with E-state index in [9.17, 15) is 9.59 Å². The molecule has 0 aliphatic rings. The minimum absolute atomic E-state index is 0.0314. The monoisotopic (exact) mass is 304 g/mol. The van der Waals surface area contributed by atoms with Gasteiger partial charge in [0.1, 0.15) is 5.60 Å². The molecule has 2 N–H and O–H groups in total. The highest BCUT2D eigenvalue weighted by Crippen LogP contribution is 2.06. The number of nitrogens with one attached hydrogen (secondary N) is 2. The molecule has 1 unspecified atom stereocenters. The van der Waals surface area contributed by atoms with E-state index < -0.39 is 11.7 Å². The summed E-state index contributed by atoms with van der Waals surface area (Å²) in [5, 5.41) is 5.53. The van der Waals surface area contributed by atoms with Crippen LogP contribution in [0.3, 0.4) is 0 Å². The molecule has 0 saturated heterocycles. The van der Waals surface area contributed by atoms with Gasteiger partial charge in [-0.15, -0.1) is 0 Å². The lowest BCUT2D eigenvalue weighted by Crippen LogP contribution is -2.34. The van der Waals surface area contributed by atoms with Crippen LogP contribution in [0.15, 0.2) is 0 Å². The van der Waals surface area contributed by atoms with Crippen molar-refractivity contribution in [3.05, 3.63) is 0 Å². The molecule has 0 spiro atoms. The molecule has 0 fully saturated rings. The summed E-state index contributed by atoms with van der Waals surface area (Å²) < 4.78 is 5.10. The zero-order valence-corrected chi connectivity index (χ0v) is 14.1. The molecule has 1 atom stereocenters. The first kappa shape index (κ1) is 19.1. The van der Waals surface area contributed by atoms with Crippen LogP contribution in [-0.4, -0.2) is 42.7 Å². The summed E-state index contributed by atoms with van der Waals surface area (Å²) >= 11 is 1.78. The summed E-state index contributed by atoms with van der Waals surface area (Å²) in [5.74, 6) is 1.55. The van der Waals surface area contributed by atoms with E-state index in [1.807, 2.05) is 20.8 Å². The molecule has 0 aromatic carbocycles. The number of thioether (sulfide) groups is 1. The SMILES string of the molecule is CSCC(C)CNC(=O)CCCNC(=O)OC(C)(C)C. The molecule has 20 heavy (non-hydrogen) atoms. The number of hydrogen-bond acceptors (Lipinski definition) is 4. The van der Waals surface area contributed by atoms with Gasteiger partial charge in [-0.3, -0.25) is 4.79 Å². The van der Waals surface area contributed by atoms with Gasteiger partial charge in [0.2, 0.25) is 5.91 Å². The number of carbonyl (C=O) groups excluding carboxylic acids is 2. The Morgan fingerprint density at radius 1 is 1.25 bits per heavy atom. The summed E-state index contributed by atoms with van der Waals surface area (Å²) in [7, 11) is 0. The fraction of sp³-hybridized carbons (Fsp3) is 0.857. The van der Waals surface area contributed by atoms with Gasteiger partial charge < -0.3 is 15.4 Å². The van der Waals surface area contributed by atoms with Gasteiger partial charge in [0.25, 0.3) is 0 Å². The van der Waals surface area contributed by atoms with E-state index in [0.29, 0.717) is 31.8 Å². The fourth-order valence-corrected chi connectivity index (χ4v) is 2.16. The van der Waals surface area contributed by atoms with Gasteiger partial charge in [0, 0.05) is 19.5 Å². The van der Waals surface area contributed by atoms with E-state index in [-0.39, 0.29) is 5.91 Å². The average Bonchev–Trinajstić information content (AvgIpc) is 2.30. The maximum absolute atomic E-state index is 11.6. The lowest BCUT2D eigenvalue weighted by Gasteiger charge is -2.19. The van der Waals surface area contributed by atoms with Crippen molar-refractivity contribution in [2.75, 3.05) is 25.1 Å². The molecule has 0 radical (unpaired) electrons. The zero-order chi connectivity index (χ0) is 15.6. The molecular weight excluding hydrogens is 276 g/mol. The van der Waals surface area contributed by atoms with Crippen LogP contribution in [0.1, 0.15) is 40.5 Å². The second kappa shape index (κ2) is 9.91. The molecule has 0 rings (SSSR count). The molecule has 0 bridgehead atoms. The van der Waals surface area contributed by atoms with E-state index in [1.54, 1.807) is 11.8 Å². The van der Waals surface area contributed by atoms with Crippen molar-refractivity contribution in [2.24, 2.45) is 5.92 Å². The van der Waals surface area contributed by atoms with E-state index in [2.05, 4.69) is 23.8 Å². The number of carbonyl (C=O) groups is 2. The molecule has 0 aromatic heterocycles. The highest BCUT2D eigenvalue weighted by atomic mass is 32.2. The van der Waals surface area contributed by atoms with Gasteiger partial charge in [-0.2, -0.15) is 11.8 Å². The number of amides is 2. The molecule has 6 heteroatoms. The van der Waals surface area contributed by atoms with Gasteiger partial charge in [-0.25, -0.2) is 4.79 Å². The van der Waals surface area contributed by atoms with Gasteiger partial charge in [-0.1, -0.05) is 6.92 Å². The second-order valence-electron chi connectivity index (χ2n) is 5.90. The van der Waals surface area contributed by atoms with Crippen molar-refractivity contribution in [1.82, 2.24) is 10.6 Å². The summed E-state index contributed by atoms with van der Waals surface area (Å²) in [5.41, 5.74) is -0.491. The third kappa shape index (κ3) is 12.1. The maximum Gasteiger partial charge on any atom is 0.407 e. The third-order valence-corrected chi connectivity index (χ3v) is 3.25. The van der Waals surface area contributed by atoms with E-state index in [0.717, 1.165) is 5.75 Å². The van der Waals surface area contributed by atoms with Gasteiger partial charge >= 0.3 is 6.09 Å². The molecule has 5 nitrogen and oxygen atoms in total. The number of alkyl carbamates (subject to hydrolysis) is 1.